The summed E-state index contributed by atoms with van der Waals surface area (Å²) in [7, 11) is 0. The summed E-state index contributed by atoms with van der Waals surface area (Å²) < 4.78 is 0. The summed E-state index contributed by atoms with van der Waals surface area (Å²) in [6, 6.07) is 2.79. The average molecular weight is 276 g/mol. The summed E-state index contributed by atoms with van der Waals surface area (Å²) in [5.41, 5.74) is 1.45. The highest BCUT2D eigenvalue weighted by Crippen LogP contribution is 2.08. The Labute approximate surface area is 99.0 Å². The van der Waals surface area contributed by atoms with Crippen molar-refractivity contribution in [2.24, 2.45) is 5.92 Å². The SMILES string of the molecule is CC(CBr)C(C)NCCc1ccsc1. The van der Waals surface area contributed by atoms with Crippen LogP contribution in [-0.4, -0.2) is 17.9 Å². The van der Waals surface area contributed by atoms with Crippen LogP contribution < -0.4 is 5.32 Å². The lowest BCUT2D eigenvalue weighted by Gasteiger charge is -2.18. The van der Waals surface area contributed by atoms with Crippen molar-refractivity contribution in [3.05, 3.63) is 22.4 Å². The number of hydrogen-bond donors (Lipinski definition) is 1. The van der Waals surface area contributed by atoms with Gasteiger partial charge < -0.3 is 5.32 Å². The number of halogens is 1. The first-order valence-electron chi connectivity index (χ1n) is 5.04. The lowest BCUT2D eigenvalue weighted by Crippen LogP contribution is -2.34. The fourth-order valence-electron chi connectivity index (χ4n) is 1.21. The third-order valence-electron chi connectivity index (χ3n) is 2.56. The van der Waals surface area contributed by atoms with Crippen LogP contribution in [0.3, 0.4) is 0 Å². The van der Waals surface area contributed by atoms with Crippen LogP contribution in [-0.2, 0) is 6.42 Å². The molecule has 0 radical (unpaired) electrons. The van der Waals surface area contributed by atoms with Crippen LogP contribution in [0.15, 0.2) is 16.8 Å². The van der Waals surface area contributed by atoms with Gasteiger partial charge in [0.15, 0.2) is 0 Å². The zero-order valence-electron chi connectivity index (χ0n) is 8.79. The Hall–Kier alpha value is 0.140. The van der Waals surface area contributed by atoms with Crippen molar-refractivity contribution < 1.29 is 0 Å². The van der Waals surface area contributed by atoms with Crippen LogP contribution in [0.1, 0.15) is 19.4 Å². The Kier molecular flexibility index (Phi) is 5.75. The molecular formula is C11H18BrNS. The standard InChI is InChI=1S/C11H18BrNS/c1-9(7-12)10(2)13-5-3-11-4-6-14-8-11/h4,6,8-10,13H,3,5,7H2,1-2H3. The molecule has 1 nitrogen and oxygen atoms in total. The monoisotopic (exact) mass is 275 g/mol. The molecule has 1 heterocycles. The van der Waals surface area contributed by atoms with E-state index in [1.807, 2.05) is 0 Å². The van der Waals surface area contributed by atoms with Crippen LogP contribution in [0.25, 0.3) is 0 Å². The molecule has 0 aromatic carbocycles. The average Bonchev–Trinajstić information content (AvgIpc) is 2.69. The van der Waals surface area contributed by atoms with Crippen molar-refractivity contribution in [3.63, 3.8) is 0 Å². The zero-order valence-corrected chi connectivity index (χ0v) is 11.2. The van der Waals surface area contributed by atoms with Crippen LogP contribution >= 0.6 is 27.3 Å². The van der Waals surface area contributed by atoms with E-state index in [2.05, 4.69) is 51.9 Å². The minimum atomic E-state index is 0.591. The molecule has 0 spiro atoms. The lowest BCUT2D eigenvalue weighted by atomic mass is 10.1. The molecule has 0 saturated carbocycles. The largest absolute Gasteiger partial charge is 0.314 e. The molecule has 0 aliphatic heterocycles. The van der Waals surface area contributed by atoms with Gasteiger partial charge in [-0.25, -0.2) is 0 Å². The summed E-state index contributed by atoms with van der Waals surface area (Å²) in [6.07, 6.45) is 1.14. The molecule has 80 valence electrons. The van der Waals surface area contributed by atoms with Gasteiger partial charge in [-0.1, -0.05) is 22.9 Å². The first-order valence-corrected chi connectivity index (χ1v) is 7.11. The third-order valence-corrected chi connectivity index (χ3v) is 4.31. The fourth-order valence-corrected chi connectivity index (χ4v) is 2.48. The Balaban J connectivity index is 2.15. The molecule has 0 saturated heterocycles. The quantitative estimate of drug-likeness (QED) is 0.786. The van der Waals surface area contributed by atoms with Gasteiger partial charge in [0.1, 0.15) is 0 Å². The molecule has 0 aliphatic rings. The van der Waals surface area contributed by atoms with E-state index in [4.69, 9.17) is 0 Å². The highest BCUT2D eigenvalue weighted by Gasteiger charge is 2.09. The Morgan fingerprint density at radius 1 is 1.50 bits per heavy atom. The van der Waals surface area contributed by atoms with Gasteiger partial charge in [0.2, 0.25) is 0 Å². The number of nitrogens with one attached hydrogen (secondary N) is 1. The second-order valence-corrected chi connectivity index (χ2v) is 5.18. The van der Waals surface area contributed by atoms with Crippen molar-refractivity contribution in [1.29, 1.82) is 0 Å². The summed E-state index contributed by atoms with van der Waals surface area (Å²) in [4.78, 5) is 0. The molecule has 0 fully saturated rings. The van der Waals surface area contributed by atoms with Crippen LogP contribution in [0.2, 0.25) is 0 Å². The van der Waals surface area contributed by atoms with E-state index in [-0.39, 0.29) is 0 Å². The third kappa shape index (κ3) is 4.11. The number of rotatable bonds is 6. The Morgan fingerprint density at radius 2 is 2.29 bits per heavy atom. The van der Waals surface area contributed by atoms with E-state index >= 15 is 0 Å². The van der Waals surface area contributed by atoms with E-state index in [1.165, 1.54) is 5.56 Å². The molecule has 14 heavy (non-hydrogen) atoms. The first-order chi connectivity index (χ1) is 6.74. The lowest BCUT2D eigenvalue weighted by molar-refractivity contribution is 0.437. The van der Waals surface area contributed by atoms with Crippen molar-refractivity contribution in [3.8, 4) is 0 Å². The number of hydrogen-bond acceptors (Lipinski definition) is 2. The number of thiophene rings is 1. The molecule has 2 unspecified atom stereocenters. The van der Waals surface area contributed by atoms with Crippen LogP contribution in [0.5, 0.6) is 0 Å². The minimum absolute atomic E-state index is 0.591. The van der Waals surface area contributed by atoms with Gasteiger partial charge in [-0.2, -0.15) is 11.3 Å². The minimum Gasteiger partial charge on any atom is -0.314 e. The molecule has 1 N–H and O–H groups in total. The topological polar surface area (TPSA) is 12.0 Å². The molecule has 0 aliphatic carbocycles. The molecule has 0 amide bonds. The van der Waals surface area contributed by atoms with E-state index < -0.39 is 0 Å². The molecule has 3 heteroatoms. The predicted molar refractivity (Wildman–Crippen MR) is 68.4 cm³/mol. The highest BCUT2D eigenvalue weighted by atomic mass is 79.9. The zero-order chi connectivity index (χ0) is 10.4. The molecular weight excluding hydrogens is 258 g/mol. The first kappa shape index (κ1) is 12.2. The predicted octanol–water partition coefficient (Wildman–Crippen LogP) is 3.30. The maximum Gasteiger partial charge on any atom is 0.00724 e. The maximum absolute atomic E-state index is 3.55. The Morgan fingerprint density at radius 3 is 2.86 bits per heavy atom. The van der Waals surface area contributed by atoms with Gasteiger partial charge in [-0.3, -0.25) is 0 Å². The second kappa shape index (κ2) is 6.59. The van der Waals surface area contributed by atoms with Crippen molar-refractivity contribution in [2.75, 3.05) is 11.9 Å². The molecule has 0 bridgehead atoms. The maximum atomic E-state index is 3.55. The van der Waals surface area contributed by atoms with Gasteiger partial charge in [0.05, 0.1) is 0 Å². The smallest absolute Gasteiger partial charge is 0.00724 e. The molecule has 2 atom stereocenters. The summed E-state index contributed by atoms with van der Waals surface area (Å²) in [5, 5.41) is 8.98. The van der Waals surface area contributed by atoms with E-state index in [0.29, 0.717) is 12.0 Å². The summed E-state index contributed by atoms with van der Waals surface area (Å²) in [5.74, 6) is 0.692. The van der Waals surface area contributed by atoms with Crippen LogP contribution in [0, 0.1) is 5.92 Å². The highest BCUT2D eigenvalue weighted by molar-refractivity contribution is 9.09. The van der Waals surface area contributed by atoms with Crippen molar-refractivity contribution in [2.45, 2.75) is 26.3 Å². The second-order valence-electron chi connectivity index (χ2n) is 3.76. The van der Waals surface area contributed by atoms with Crippen molar-refractivity contribution >= 4 is 27.3 Å². The van der Waals surface area contributed by atoms with Gasteiger partial charge in [0.25, 0.3) is 0 Å². The van der Waals surface area contributed by atoms with E-state index in [0.717, 1.165) is 18.3 Å². The van der Waals surface area contributed by atoms with Gasteiger partial charge >= 0.3 is 0 Å². The van der Waals surface area contributed by atoms with Gasteiger partial charge in [-0.15, -0.1) is 0 Å². The van der Waals surface area contributed by atoms with Crippen LogP contribution in [0.4, 0.5) is 0 Å². The number of alkyl halides is 1. The Bertz CT molecular complexity index is 235. The fraction of sp³-hybridized carbons (Fsp3) is 0.636. The van der Waals surface area contributed by atoms with Gasteiger partial charge in [-0.05, 0) is 48.2 Å². The van der Waals surface area contributed by atoms with Gasteiger partial charge in [0, 0.05) is 11.4 Å². The summed E-state index contributed by atoms with van der Waals surface area (Å²) >= 11 is 5.28. The van der Waals surface area contributed by atoms with E-state index in [9.17, 15) is 0 Å². The van der Waals surface area contributed by atoms with E-state index in [1.54, 1.807) is 11.3 Å². The normalized spacial score (nSPS) is 15.4. The van der Waals surface area contributed by atoms with Crippen molar-refractivity contribution in [1.82, 2.24) is 5.32 Å². The summed E-state index contributed by atoms with van der Waals surface area (Å²) in [6.45, 7) is 5.59. The molecule has 1 aromatic heterocycles. The molecule has 1 rings (SSSR count). The molecule has 1 aromatic rings.